The zero-order valence-electron chi connectivity index (χ0n) is 20.4. The Morgan fingerprint density at radius 2 is 1.77 bits per heavy atom. The summed E-state index contributed by atoms with van der Waals surface area (Å²) in [5, 5.41) is 6.90. The maximum absolute atomic E-state index is 13.3. The van der Waals surface area contributed by atoms with Gasteiger partial charge < -0.3 is 5.32 Å². The first-order valence-electron chi connectivity index (χ1n) is 12.0. The van der Waals surface area contributed by atoms with Crippen molar-refractivity contribution < 1.29 is 9.59 Å². The number of hydrogen-bond donors (Lipinski definition) is 1. The molecule has 2 fully saturated rings. The van der Waals surface area contributed by atoms with Gasteiger partial charge in [0, 0.05) is 19.3 Å². The molecule has 0 aliphatic carbocycles. The number of aromatic nitrogens is 2. The zero-order valence-corrected chi connectivity index (χ0v) is 21.2. The van der Waals surface area contributed by atoms with Crippen molar-refractivity contribution in [2.45, 2.75) is 45.3 Å². The van der Waals surface area contributed by atoms with E-state index in [1.54, 1.807) is 16.0 Å². The molecule has 0 bridgehead atoms. The van der Waals surface area contributed by atoms with Crippen molar-refractivity contribution >= 4 is 23.3 Å². The van der Waals surface area contributed by atoms with Crippen LogP contribution in [0.3, 0.4) is 0 Å². The maximum atomic E-state index is 13.3. The third-order valence-corrected chi connectivity index (χ3v) is 8.41. The Hall–Kier alpha value is -3.17. The summed E-state index contributed by atoms with van der Waals surface area (Å²) in [6.07, 6.45) is 1.57. The minimum Gasteiger partial charge on any atom is -0.323 e. The number of amides is 3. The maximum Gasteiger partial charge on any atom is 0.325 e. The first-order chi connectivity index (χ1) is 16.8. The van der Waals surface area contributed by atoms with Crippen LogP contribution in [-0.2, 0) is 24.9 Å². The number of para-hydroxylation sites is 1. The first kappa shape index (κ1) is 23.6. The SMILES string of the molecule is Cc1c(CN2CCC([C@]3(C)NC(=O)N(Cc4ccsc4)C3=O)CC2)c(=O)n(-c2ccccc2)n1C. The monoisotopic (exact) mass is 493 g/mol. The van der Waals surface area contributed by atoms with Gasteiger partial charge in [-0.2, -0.15) is 11.3 Å². The van der Waals surface area contributed by atoms with Crippen LogP contribution < -0.4 is 10.9 Å². The number of thiophene rings is 1. The molecular weight excluding hydrogens is 462 g/mol. The van der Waals surface area contributed by atoms with Crippen LogP contribution in [0.1, 0.15) is 36.6 Å². The molecule has 5 rings (SSSR count). The molecule has 9 heteroatoms. The molecule has 8 nitrogen and oxygen atoms in total. The van der Waals surface area contributed by atoms with Crippen LogP contribution >= 0.6 is 11.3 Å². The van der Waals surface area contributed by atoms with Gasteiger partial charge in [-0.3, -0.25) is 24.1 Å². The molecule has 3 aromatic rings. The van der Waals surface area contributed by atoms with Crippen molar-refractivity contribution in [3.05, 3.63) is 74.3 Å². The summed E-state index contributed by atoms with van der Waals surface area (Å²) in [7, 11) is 1.91. The third kappa shape index (κ3) is 4.12. The minimum absolute atomic E-state index is 0.00703. The Bertz CT molecular complexity index is 1290. The van der Waals surface area contributed by atoms with E-state index in [-0.39, 0.29) is 23.4 Å². The number of hydrogen-bond acceptors (Lipinski definition) is 5. The molecule has 1 N–H and O–H groups in total. The van der Waals surface area contributed by atoms with Gasteiger partial charge in [-0.25, -0.2) is 9.48 Å². The molecule has 2 saturated heterocycles. The van der Waals surface area contributed by atoms with Gasteiger partial charge in [0.15, 0.2) is 0 Å². The molecule has 3 amide bonds. The number of nitrogens with zero attached hydrogens (tertiary/aromatic N) is 4. The number of carbonyl (C=O) groups excluding carboxylic acids is 2. The van der Waals surface area contributed by atoms with E-state index in [0.29, 0.717) is 13.1 Å². The molecule has 35 heavy (non-hydrogen) atoms. The van der Waals surface area contributed by atoms with E-state index >= 15 is 0 Å². The second-order valence-electron chi connectivity index (χ2n) is 9.75. The van der Waals surface area contributed by atoms with Crippen LogP contribution in [-0.4, -0.2) is 49.7 Å². The van der Waals surface area contributed by atoms with Gasteiger partial charge in [0.2, 0.25) is 0 Å². The lowest BCUT2D eigenvalue weighted by atomic mass is 9.79. The molecule has 1 aromatic carbocycles. The Kier molecular flexibility index (Phi) is 6.14. The average molecular weight is 494 g/mol. The van der Waals surface area contributed by atoms with E-state index in [9.17, 15) is 14.4 Å². The Morgan fingerprint density at radius 3 is 2.43 bits per heavy atom. The number of imide groups is 1. The topological polar surface area (TPSA) is 79.6 Å². The summed E-state index contributed by atoms with van der Waals surface area (Å²) >= 11 is 1.56. The van der Waals surface area contributed by atoms with Gasteiger partial charge in [-0.05, 0) is 80.2 Å². The van der Waals surface area contributed by atoms with E-state index in [1.165, 1.54) is 4.90 Å². The molecule has 2 aliphatic heterocycles. The van der Waals surface area contributed by atoms with E-state index in [0.717, 1.165) is 48.4 Å². The van der Waals surface area contributed by atoms with Crippen LogP contribution in [0, 0.1) is 12.8 Å². The molecule has 1 atom stereocenters. The van der Waals surface area contributed by atoms with Crippen LogP contribution in [0.15, 0.2) is 52.0 Å². The summed E-state index contributed by atoms with van der Waals surface area (Å²) in [6, 6.07) is 11.3. The lowest BCUT2D eigenvalue weighted by molar-refractivity contribution is -0.133. The highest BCUT2D eigenvalue weighted by molar-refractivity contribution is 7.07. The second-order valence-corrected chi connectivity index (χ2v) is 10.5. The third-order valence-electron chi connectivity index (χ3n) is 7.68. The normalized spacial score (nSPS) is 21.6. The van der Waals surface area contributed by atoms with Crippen molar-refractivity contribution in [1.82, 2.24) is 24.5 Å². The van der Waals surface area contributed by atoms with Crippen molar-refractivity contribution in [3.8, 4) is 5.69 Å². The summed E-state index contributed by atoms with van der Waals surface area (Å²) in [4.78, 5) is 42.8. The van der Waals surface area contributed by atoms with Crippen molar-refractivity contribution in [3.63, 3.8) is 0 Å². The number of nitrogens with one attached hydrogen (secondary N) is 1. The van der Waals surface area contributed by atoms with E-state index in [4.69, 9.17) is 0 Å². The Morgan fingerprint density at radius 1 is 1.06 bits per heavy atom. The summed E-state index contributed by atoms with van der Waals surface area (Å²) in [5.74, 6) is -0.0858. The fraction of sp³-hybridized carbons (Fsp3) is 0.423. The van der Waals surface area contributed by atoms with Crippen LogP contribution in [0.4, 0.5) is 4.79 Å². The van der Waals surface area contributed by atoms with Crippen molar-refractivity contribution in [2.24, 2.45) is 13.0 Å². The second kappa shape index (κ2) is 9.13. The molecule has 2 aromatic heterocycles. The van der Waals surface area contributed by atoms with Gasteiger partial charge >= 0.3 is 6.03 Å². The number of carbonyl (C=O) groups is 2. The van der Waals surface area contributed by atoms with Gasteiger partial charge in [-0.15, -0.1) is 0 Å². The Labute approximate surface area is 208 Å². The van der Waals surface area contributed by atoms with Crippen molar-refractivity contribution in [2.75, 3.05) is 13.1 Å². The fourth-order valence-corrected chi connectivity index (χ4v) is 6.06. The molecular formula is C26H31N5O3S. The number of rotatable bonds is 6. The molecule has 2 aliphatic rings. The largest absolute Gasteiger partial charge is 0.325 e. The summed E-state index contributed by atoms with van der Waals surface area (Å²) in [6.45, 7) is 6.27. The summed E-state index contributed by atoms with van der Waals surface area (Å²) < 4.78 is 3.63. The smallest absolute Gasteiger partial charge is 0.323 e. The van der Waals surface area contributed by atoms with Crippen LogP contribution in [0.5, 0.6) is 0 Å². The van der Waals surface area contributed by atoms with Gasteiger partial charge in [0.25, 0.3) is 11.5 Å². The molecule has 0 spiro atoms. The van der Waals surface area contributed by atoms with Crippen LogP contribution in [0.2, 0.25) is 0 Å². The van der Waals surface area contributed by atoms with Gasteiger partial charge in [-0.1, -0.05) is 18.2 Å². The lowest BCUT2D eigenvalue weighted by Gasteiger charge is -2.38. The molecule has 0 unspecified atom stereocenters. The zero-order chi connectivity index (χ0) is 24.7. The highest BCUT2D eigenvalue weighted by Crippen LogP contribution is 2.34. The van der Waals surface area contributed by atoms with E-state index < -0.39 is 5.54 Å². The standard InChI is InChI=1S/C26H31N5O3S/c1-18-22(23(32)31(28(18)3)21-7-5-4-6-8-21)16-29-12-9-20(10-13-29)26(2)24(33)30(25(34)27-26)15-19-11-14-35-17-19/h4-8,11,14,17,20H,9-10,12-13,15-16H2,1-3H3,(H,27,34)/t26-/m0/s1. The van der Waals surface area contributed by atoms with Gasteiger partial charge in [0.05, 0.1) is 17.8 Å². The average Bonchev–Trinajstić information content (AvgIpc) is 3.51. The quantitative estimate of drug-likeness (QED) is 0.535. The predicted molar refractivity (Wildman–Crippen MR) is 136 cm³/mol. The highest BCUT2D eigenvalue weighted by atomic mass is 32.1. The molecule has 184 valence electrons. The fourth-order valence-electron chi connectivity index (χ4n) is 5.40. The van der Waals surface area contributed by atoms with Crippen LogP contribution in [0.25, 0.3) is 5.69 Å². The first-order valence-corrected chi connectivity index (χ1v) is 12.9. The number of benzene rings is 1. The van der Waals surface area contributed by atoms with Crippen molar-refractivity contribution in [1.29, 1.82) is 0 Å². The molecule has 0 saturated carbocycles. The lowest BCUT2D eigenvalue weighted by Crippen LogP contribution is -2.53. The van der Waals surface area contributed by atoms with E-state index in [2.05, 4.69) is 10.2 Å². The Balaban J connectivity index is 1.26. The minimum atomic E-state index is -0.887. The highest BCUT2D eigenvalue weighted by Gasteiger charge is 2.52. The van der Waals surface area contributed by atoms with E-state index in [1.807, 2.05) is 72.7 Å². The predicted octanol–water partition coefficient (Wildman–Crippen LogP) is 3.27. The molecule has 4 heterocycles. The summed E-state index contributed by atoms with van der Waals surface area (Å²) in [5.41, 5.74) is 2.69. The van der Waals surface area contributed by atoms with Gasteiger partial charge in [0.1, 0.15) is 5.54 Å². The number of likely N-dealkylation sites (tertiary alicyclic amines) is 1. The number of urea groups is 1. The molecule has 0 radical (unpaired) electrons. The number of piperidine rings is 1.